The van der Waals surface area contributed by atoms with Crippen molar-refractivity contribution in [2.45, 2.75) is 0 Å². The highest BCUT2D eigenvalue weighted by molar-refractivity contribution is 5.94. The Morgan fingerprint density at radius 2 is 1.45 bits per heavy atom. The van der Waals surface area contributed by atoms with E-state index in [0.29, 0.717) is 24.3 Å². The van der Waals surface area contributed by atoms with Crippen molar-refractivity contribution in [1.29, 1.82) is 0 Å². The molecule has 1 aromatic heterocycles. The summed E-state index contributed by atoms with van der Waals surface area (Å²) >= 11 is 0. The molecule has 8 nitrogen and oxygen atoms in total. The molecule has 31 heavy (non-hydrogen) atoms. The first kappa shape index (κ1) is 20.4. The first-order valence-electron chi connectivity index (χ1n) is 9.83. The molecule has 1 aliphatic rings. The third-order valence-electron chi connectivity index (χ3n) is 5.27. The normalized spacial score (nSPS) is 13.7. The van der Waals surface area contributed by atoms with Crippen molar-refractivity contribution < 1.29 is 19.8 Å². The number of hydrogen-bond acceptors (Lipinski definition) is 5. The second kappa shape index (κ2) is 8.45. The Kier molecular flexibility index (Phi) is 5.55. The van der Waals surface area contributed by atoms with E-state index in [0.717, 1.165) is 24.2 Å². The number of nitrogens with zero attached hydrogens (tertiary/aromatic N) is 2. The molecule has 0 bridgehead atoms. The van der Waals surface area contributed by atoms with Gasteiger partial charge in [0.15, 0.2) is 5.75 Å². The molecule has 2 heterocycles. The summed E-state index contributed by atoms with van der Waals surface area (Å²) in [7, 11) is 0. The van der Waals surface area contributed by atoms with E-state index in [1.54, 1.807) is 12.1 Å². The summed E-state index contributed by atoms with van der Waals surface area (Å²) in [5.41, 5.74) is 1.65. The van der Waals surface area contributed by atoms with Gasteiger partial charge in [-0.2, -0.15) is 0 Å². The molecule has 2 aromatic carbocycles. The van der Waals surface area contributed by atoms with E-state index in [-0.39, 0.29) is 5.91 Å². The minimum Gasteiger partial charge on any atom is -0.503 e. The summed E-state index contributed by atoms with van der Waals surface area (Å²) in [5, 5.41) is 22.1. The summed E-state index contributed by atoms with van der Waals surface area (Å²) < 4.78 is 1.39. The topological polar surface area (TPSA) is 112 Å². The van der Waals surface area contributed by atoms with Gasteiger partial charge in [0, 0.05) is 43.6 Å². The minimum atomic E-state index is -1.40. The van der Waals surface area contributed by atoms with Crippen LogP contribution in [-0.2, 0) is 0 Å². The maximum atomic E-state index is 12.6. The van der Waals surface area contributed by atoms with Crippen LogP contribution in [0.15, 0.2) is 65.7 Å². The number of carboxylic acids is 1. The van der Waals surface area contributed by atoms with Crippen LogP contribution in [0.1, 0.15) is 20.7 Å². The average Bonchev–Trinajstić information content (AvgIpc) is 2.81. The molecule has 0 radical (unpaired) electrons. The van der Waals surface area contributed by atoms with Gasteiger partial charge in [0.2, 0.25) is 5.43 Å². The monoisotopic (exact) mass is 419 g/mol. The number of carbonyl (C=O) groups is 2. The number of hydrogen-bond donors (Lipinski definition) is 3. The third kappa shape index (κ3) is 4.19. The van der Waals surface area contributed by atoms with Crippen LogP contribution in [0.4, 0.5) is 0 Å². The molecule has 0 spiro atoms. The fraction of sp³-hybridized carbons (Fsp3) is 0.174. The fourth-order valence-electron chi connectivity index (χ4n) is 3.55. The zero-order chi connectivity index (χ0) is 22.0. The van der Waals surface area contributed by atoms with Crippen LogP contribution in [-0.4, -0.2) is 57.7 Å². The Labute approximate surface area is 178 Å². The molecule has 0 aliphatic carbocycles. The number of carbonyl (C=O) groups excluding carboxylic acids is 1. The summed E-state index contributed by atoms with van der Waals surface area (Å²) in [6.45, 7) is 3.01. The summed E-state index contributed by atoms with van der Waals surface area (Å²) in [5.74, 6) is -2.01. The van der Waals surface area contributed by atoms with E-state index in [4.69, 9.17) is 5.11 Å². The van der Waals surface area contributed by atoms with Crippen molar-refractivity contribution in [1.82, 2.24) is 14.8 Å². The van der Waals surface area contributed by atoms with Gasteiger partial charge in [-0.3, -0.25) is 9.59 Å². The number of aromatic nitrogens is 1. The van der Waals surface area contributed by atoms with Gasteiger partial charge in [0.05, 0.1) is 6.20 Å². The summed E-state index contributed by atoms with van der Waals surface area (Å²) in [4.78, 5) is 37.4. The maximum absolute atomic E-state index is 12.6. The van der Waals surface area contributed by atoms with Gasteiger partial charge < -0.3 is 25.0 Å². The molecule has 0 unspecified atom stereocenters. The van der Waals surface area contributed by atoms with Crippen LogP contribution in [0.5, 0.6) is 5.75 Å². The quantitative estimate of drug-likeness (QED) is 0.596. The highest BCUT2D eigenvalue weighted by Gasteiger charge is 2.18. The van der Waals surface area contributed by atoms with Gasteiger partial charge in [-0.25, -0.2) is 4.79 Å². The number of piperazine rings is 1. The number of benzene rings is 2. The van der Waals surface area contributed by atoms with Crippen molar-refractivity contribution in [3.63, 3.8) is 0 Å². The van der Waals surface area contributed by atoms with Gasteiger partial charge in [0.25, 0.3) is 5.91 Å². The number of aromatic carboxylic acids is 1. The van der Waals surface area contributed by atoms with E-state index in [1.165, 1.54) is 17.0 Å². The summed E-state index contributed by atoms with van der Waals surface area (Å²) in [6, 6.07) is 14.6. The van der Waals surface area contributed by atoms with E-state index in [1.807, 2.05) is 41.3 Å². The second-order valence-corrected chi connectivity index (χ2v) is 7.27. The lowest BCUT2D eigenvalue weighted by Crippen LogP contribution is -2.46. The van der Waals surface area contributed by atoms with Gasteiger partial charge in [0.1, 0.15) is 5.56 Å². The number of pyridine rings is 1. The Morgan fingerprint density at radius 1 is 0.871 bits per heavy atom. The first-order chi connectivity index (χ1) is 14.9. The molecule has 4 rings (SSSR count). The van der Waals surface area contributed by atoms with Gasteiger partial charge >= 0.3 is 5.97 Å². The van der Waals surface area contributed by atoms with Crippen LogP contribution < -0.4 is 10.7 Å². The second-order valence-electron chi connectivity index (χ2n) is 7.27. The van der Waals surface area contributed by atoms with Crippen molar-refractivity contribution in [3.05, 3.63) is 82.3 Å². The molecule has 3 N–H and O–H groups in total. The van der Waals surface area contributed by atoms with E-state index in [2.05, 4.69) is 5.32 Å². The average molecular weight is 419 g/mol. The molecule has 1 saturated heterocycles. The van der Waals surface area contributed by atoms with Crippen LogP contribution in [0.25, 0.3) is 16.8 Å². The number of nitrogens with one attached hydrogen (secondary N) is 1. The fourth-order valence-corrected chi connectivity index (χ4v) is 3.55. The number of aromatic hydroxyl groups is 1. The number of amides is 1. The molecule has 1 aliphatic heterocycles. The van der Waals surface area contributed by atoms with Gasteiger partial charge in [-0.05, 0) is 35.4 Å². The molecule has 3 aromatic rings. The van der Waals surface area contributed by atoms with Crippen molar-refractivity contribution in [2.24, 2.45) is 0 Å². The lowest BCUT2D eigenvalue weighted by Gasteiger charge is -2.27. The lowest BCUT2D eigenvalue weighted by molar-refractivity contribution is 0.0692. The highest BCUT2D eigenvalue weighted by Crippen LogP contribution is 2.23. The van der Waals surface area contributed by atoms with E-state index < -0.39 is 22.7 Å². The van der Waals surface area contributed by atoms with E-state index >= 15 is 0 Å². The highest BCUT2D eigenvalue weighted by atomic mass is 16.4. The first-order valence-corrected chi connectivity index (χ1v) is 9.83. The van der Waals surface area contributed by atoms with Crippen LogP contribution >= 0.6 is 0 Å². The molecule has 8 heteroatoms. The Hall–Kier alpha value is -3.91. The Balaban J connectivity index is 1.55. The molecule has 0 saturated carbocycles. The Bertz CT molecular complexity index is 1180. The molecular weight excluding hydrogens is 398 g/mol. The number of rotatable bonds is 4. The molecule has 1 fully saturated rings. The van der Waals surface area contributed by atoms with Gasteiger partial charge in [-0.1, -0.05) is 24.3 Å². The van der Waals surface area contributed by atoms with Crippen LogP contribution in [0.2, 0.25) is 0 Å². The smallest absolute Gasteiger partial charge is 0.341 e. The predicted octanol–water partition coefficient (Wildman–Crippen LogP) is 1.95. The van der Waals surface area contributed by atoms with Crippen molar-refractivity contribution in [3.8, 4) is 22.6 Å². The Morgan fingerprint density at radius 3 is 2.03 bits per heavy atom. The van der Waals surface area contributed by atoms with Crippen LogP contribution in [0.3, 0.4) is 0 Å². The lowest BCUT2D eigenvalue weighted by atomic mass is 10.0. The zero-order valence-corrected chi connectivity index (χ0v) is 16.6. The summed E-state index contributed by atoms with van der Waals surface area (Å²) in [6.07, 6.45) is 2.36. The third-order valence-corrected chi connectivity index (χ3v) is 5.27. The number of carboxylic acid groups (broad SMARTS) is 1. The molecule has 1 amide bonds. The standard InChI is InChI=1S/C23H21N3O5/c27-20-14-26(13-19(21(20)28)23(30)31)18-7-5-16(6-8-18)15-1-3-17(4-2-15)22(29)25-11-9-24-10-12-25/h1-8,13-14,24,27H,9-12H2,(H,30,31). The molecular formula is C23H21N3O5. The predicted molar refractivity (Wildman–Crippen MR) is 115 cm³/mol. The van der Waals surface area contributed by atoms with Gasteiger partial charge in [-0.15, -0.1) is 0 Å². The van der Waals surface area contributed by atoms with Crippen molar-refractivity contribution in [2.75, 3.05) is 26.2 Å². The van der Waals surface area contributed by atoms with E-state index in [9.17, 15) is 19.5 Å². The van der Waals surface area contributed by atoms with Crippen LogP contribution in [0, 0.1) is 0 Å². The van der Waals surface area contributed by atoms with Crippen molar-refractivity contribution >= 4 is 11.9 Å². The largest absolute Gasteiger partial charge is 0.503 e. The SMILES string of the molecule is O=C(O)c1cn(-c2ccc(-c3ccc(C(=O)N4CCNCC4)cc3)cc2)cc(O)c1=O. The zero-order valence-electron chi connectivity index (χ0n) is 16.6. The molecule has 0 atom stereocenters. The maximum Gasteiger partial charge on any atom is 0.341 e. The molecule has 158 valence electrons. The minimum absolute atomic E-state index is 0.0238.